The molecule has 0 aromatic carbocycles. The molecular weight excluding hydrogens is 230 g/mol. The number of hydrogen-bond donors (Lipinski definition) is 0. The lowest BCUT2D eigenvalue weighted by Crippen LogP contribution is -2.45. The van der Waals surface area contributed by atoms with Gasteiger partial charge >= 0.3 is 10.4 Å². The second kappa shape index (κ2) is 6.44. The third-order valence-corrected chi connectivity index (χ3v) is 2.65. The largest absolute Gasteiger partial charge is 0.502 e. The van der Waals surface area contributed by atoms with Crippen LogP contribution in [0.15, 0.2) is 30.6 Å². The van der Waals surface area contributed by atoms with E-state index < -0.39 is 10.4 Å². The van der Waals surface area contributed by atoms with E-state index in [1.807, 2.05) is 6.92 Å². The molecule has 0 aliphatic rings. The van der Waals surface area contributed by atoms with Gasteiger partial charge in [0.15, 0.2) is 0 Å². The Balaban J connectivity index is 2.40. The zero-order valence-corrected chi connectivity index (χ0v) is 10.0. The van der Waals surface area contributed by atoms with Crippen molar-refractivity contribution in [3.8, 4) is 0 Å². The van der Waals surface area contributed by atoms with Gasteiger partial charge in [0.1, 0.15) is 0 Å². The van der Waals surface area contributed by atoms with E-state index in [4.69, 9.17) is 0 Å². The Morgan fingerprint density at radius 1 is 1.12 bits per heavy atom. The van der Waals surface area contributed by atoms with Crippen LogP contribution in [0.5, 0.6) is 0 Å². The molecule has 0 fully saturated rings. The first kappa shape index (κ1) is 12.9. The summed E-state index contributed by atoms with van der Waals surface area (Å²) in [5.74, 6) is 0. The van der Waals surface area contributed by atoms with Gasteiger partial charge in [0.25, 0.3) is 0 Å². The van der Waals surface area contributed by atoms with Gasteiger partial charge < -0.3 is 0 Å². The van der Waals surface area contributed by atoms with Gasteiger partial charge in [-0.15, -0.1) is 4.28 Å². The maximum atomic E-state index is 11.3. The van der Waals surface area contributed by atoms with E-state index in [9.17, 15) is 8.42 Å². The number of unbranched alkanes of at least 4 members (excludes halogenated alkanes) is 2. The van der Waals surface area contributed by atoms with Gasteiger partial charge in [-0.1, -0.05) is 25.8 Å². The van der Waals surface area contributed by atoms with Crippen LogP contribution in [-0.2, 0) is 14.6 Å². The first-order valence-corrected chi connectivity index (χ1v) is 6.53. The molecule has 1 aromatic heterocycles. The number of rotatable bonds is 7. The fraction of sp³-hybridized carbons (Fsp3) is 0.500. The van der Waals surface area contributed by atoms with E-state index in [-0.39, 0.29) is 6.61 Å². The molecule has 0 spiro atoms. The number of aromatic nitrogens is 1. The third kappa shape index (κ3) is 5.09. The maximum absolute atomic E-state index is 11.3. The van der Waals surface area contributed by atoms with E-state index in [1.54, 1.807) is 18.2 Å². The van der Waals surface area contributed by atoms with Crippen LogP contribution in [0.1, 0.15) is 26.2 Å². The van der Waals surface area contributed by atoms with Crippen LogP contribution in [0.3, 0.4) is 0 Å². The standard InChI is InChI=1S/C10H16NO4S/c1-2-3-7-10-14-16(12,13)15-11-8-5-4-6-9-11/h4-6,8-9H,2-3,7,10H2,1H3/q+1. The molecule has 5 nitrogen and oxygen atoms in total. The first-order valence-electron chi connectivity index (χ1n) is 5.19. The topological polar surface area (TPSA) is 56.5 Å². The van der Waals surface area contributed by atoms with Crippen LogP contribution >= 0.6 is 0 Å². The smallest absolute Gasteiger partial charge is 0.235 e. The second-order valence-corrected chi connectivity index (χ2v) is 4.45. The Bertz CT molecular complexity index is 391. The van der Waals surface area contributed by atoms with Gasteiger partial charge in [0.2, 0.25) is 12.4 Å². The van der Waals surface area contributed by atoms with Gasteiger partial charge in [-0.2, -0.15) is 8.42 Å². The summed E-state index contributed by atoms with van der Waals surface area (Å²) in [5, 5.41) is 0. The molecule has 0 bridgehead atoms. The molecule has 0 saturated carbocycles. The van der Waals surface area contributed by atoms with E-state index in [1.165, 1.54) is 12.4 Å². The van der Waals surface area contributed by atoms with E-state index in [2.05, 4.69) is 8.47 Å². The van der Waals surface area contributed by atoms with Gasteiger partial charge in [-0.25, -0.2) is 4.18 Å². The van der Waals surface area contributed by atoms with E-state index >= 15 is 0 Å². The van der Waals surface area contributed by atoms with Gasteiger partial charge in [0, 0.05) is 16.9 Å². The van der Waals surface area contributed by atoms with Gasteiger partial charge in [-0.05, 0) is 6.42 Å². The highest BCUT2D eigenvalue weighted by molar-refractivity contribution is 7.81. The fourth-order valence-electron chi connectivity index (χ4n) is 1.07. The Hall–Kier alpha value is -1.14. The quantitative estimate of drug-likeness (QED) is 0.529. The Morgan fingerprint density at radius 2 is 1.81 bits per heavy atom. The van der Waals surface area contributed by atoms with Crippen LogP contribution < -0.4 is 9.01 Å². The molecule has 0 radical (unpaired) electrons. The van der Waals surface area contributed by atoms with Crippen molar-refractivity contribution in [2.45, 2.75) is 26.2 Å². The Morgan fingerprint density at radius 3 is 2.44 bits per heavy atom. The zero-order valence-electron chi connectivity index (χ0n) is 9.20. The highest BCUT2D eigenvalue weighted by Crippen LogP contribution is 1.97. The van der Waals surface area contributed by atoms with Crippen molar-refractivity contribution in [3.05, 3.63) is 30.6 Å². The summed E-state index contributed by atoms with van der Waals surface area (Å²) in [6.45, 7) is 2.19. The summed E-state index contributed by atoms with van der Waals surface area (Å²) in [6, 6.07) is 5.08. The molecule has 1 aromatic rings. The molecule has 0 aliphatic carbocycles. The van der Waals surface area contributed by atoms with Crippen LogP contribution in [0.4, 0.5) is 0 Å². The summed E-state index contributed by atoms with van der Waals surface area (Å²) < 4.78 is 33.0. The molecular formula is C10H16NO4S+. The predicted octanol–water partition coefficient (Wildman–Crippen LogP) is 0.854. The summed E-state index contributed by atoms with van der Waals surface area (Å²) in [7, 11) is -3.95. The molecule has 0 aliphatic heterocycles. The molecule has 0 atom stereocenters. The Labute approximate surface area is 95.9 Å². The van der Waals surface area contributed by atoms with Crippen molar-refractivity contribution in [2.75, 3.05) is 6.61 Å². The van der Waals surface area contributed by atoms with Crippen LogP contribution in [0.25, 0.3) is 0 Å². The fourth-order valence-corrected chi connectivity index (χ4v) is 1.75. The van der Waals surface area contributed by atoms with E-state index in [0.717, 1.165) is 17.6 Å². The summed E-state index contributed by atoms with van der Waals surface area (Å²) in [6.07, 6.45) is 5.62. The average Bonchev–Trinajstić information content (AvgIpc) is 2.25. The monoisotopic (exact) mass is 246 g/mol. The second-order valence-electron chi connectivity index (χ2n) is 3.25. The molecule has 0 saturated heterocycles. The minimum absolute atomic E-state index is 0.156. The minimum Gasteiger partial charge on any atom is -0.235 e. The van der Waals surface area contributed by atoms with Crippen molar-refractivity contribution in [2.24, 2.45) is 0 Å². The van der Waals surface area contributed by atoms with Crippen LogP contribution in [-0.4, -0.2) is 15.0 Å². The highest BCUT2D eigenvalue weighted by atomic mass is 32.3. The molecule has 16 heavy (non-hydrogen) atoms. The minimum atomic E-state index is -3.95. The highest BCUT2D eigenvalue weighted by Gasteiger charge is 2.18. The lowest BCUT2D eigenvalue weighted by molar-refractivity contribution is -0.857. The average molecular weight is 246 g/mol. The molecule has 1 rings (SSSR count). The number of pyridine rings is 1. The number of nitrogens with zero attached hydrogens (tertiary/aromatic N) is 1. The van der Waals surface area contributed by atoms with Gasteiger partial charge in [0.05, 0.1) is 6.61 Å². The van der Waals surface area contributed by atoms with Crippen molar-refractivity contribution >= 4 is 10.4 Å². The molecule has 0 unspecified atom stereocenters. The molecule has 6 heteroatoms. The zero-order chi connectivity index (χ0) is 11.9. The third-order valence-electron chi connectivity index (χ3n) is 1.84. The summed E-state index contributed by atoms with van der Waals surface area (Å²) in [5.41, 5.74) is 0. The summed E-state index contributed by atoms with van der Waals surface area (Å²) >= 11 is 0. The Kier molecular flexibility index (Phi) is 5.21. The lowest BCUT2D eigenvalue weighted by atomic mass is 10.3. The molecule has 90 valence electrons. The number of hydrogen-bond acceptors (Lipinski definition) is 4. The molecule has 0 amide bonds. The molecule has 1 heterocycles. The van der Waals surface area contributed by atoms with Crippen molar-refractivity contribution in [1.29, 1.82) is 0 Å². The predicted molar refractivity (Wildman–Crippen MR) is 57.6 cm³/mol. The summed E-state index contributed by atoms with van der Waals surface area (Å²) in [4.78, 5) is 0. The first-order chi connectivity index (χ1) is 7.64. The molecule has 0 N–H and O–H groups in total. The van der Waals surface area contributed by atoms with Crippen molar-refractivity contribution in [1.82, 2.24) is 0 Å². The van der Waals surface area contributed by atoms with E-state index in [0.29, 0.717) is 6.42 Å². The van der Waals surface area contributed by atoms with Crippen LogP contribution in [0.2, 0.25) is 0 Å². The lowest BCUT2D eigenvalue weighted by Gasteiger charge is -2.00. The van der Waals surface area contributed by atoms with Crippen molar-refractivity contribution < 1.29 is 21.6 Å². The van der Waals surface area contributed by atoms with Crippen LogP contribution in [0, 0.1) is 0 Å². The normalized spacial score (nSPS) is 11.3. The SMILES string of the molecule is CCCCCOS(=O)(=O)O[n+]1ccccc1. The maximum Gasteiger partial charge on any atom is 0.502 e. The van der Waals surface area contributed by atoms with Gasteiger partial charge in [-0.3, -0.25) is 0 Å². The van der Waals surface area contributed by atoms with Crippen molar-refractivity contribution in [3.63, 3.8) is 0 Å².